The Hall–Kier alpha value is -2.05. The summed E-state index contributed by atoms with van der Waals surface area (Å²) in [5, 5.41) is 5.26. The Morgan fingerprint density at radius 1 is 1.23 bits per heavy atom. The standard InChI is InChI=1S/C20H25N3O2S/c1-15-17-7-13-26-19(17)6-8-23(15)20(24)21-14-16-4-2-3-5-18(16)22-9-11-25-12-10-22/h2-5,7,13,15H,6,8-12,14H2,1H3,(H,21,24). The molecule has 3 heterocycles. The van der Waals surface area contributed by atoms with E-state index in [0.29, 0.717) is 6.54 Å². The van der Waals surface area contributed by atoms with Crippen LogP contribution in [0.25, 0.3) is 0 Å². The molecule has 4 rings (SSSR count). The second kappa shape index (κ2) is 7.68. The van der Waals surface area contributed by atoms with E-state index in [1.807, 2.05) is 11.0 Å². The minimum atomic E-state index is 0.0196. The lowest BCUT2D eigenvalue weighted by molar-refractivity contribution is 0.122. The van der Waals surface area contributed by atoms with Crippen LogP contribution in [-0.4, -0.2) is 43.8 Å². The number of carbonyl (C=O) groups excluding carboxylic acids is 1. The number of amides is 2. The molecule has 2 aromatic rings. The fourth-order valence-electron chi connectivity index (χ4n) is 3.83. The molecule has 26 heavy (non-hydrogen) atoms. The van der Waals surface area contributed by atoms with Crippen molar-refractivity contribution in [2.45, 2.75) is 25.9 Å². The van der Waals surface area contributed by atoms with Gasteiger partial charge < -0.3 is 19.9 Å². The summed E-state index contributed by atoms with van der Waals surface area (Å²) < 4.78 is 5.46. The van der Waals surface area contributed by atoms with E-state index in [-0.39, 0.29) is 12.1 Å². The third-order valence-corrected chi connectivity index (χ3v) is 6.31. The van der Waals surface area contributed by atoms with E-state index in [1.165, 1.54) is 16.1 Å². The maximum Gasteiger partial charge on any atom is 0.318 e. The van der Waals surface area contributed by atoms with Gasteiger partial charge in [0.25, 0.3) is 0 Å². The highest BCUT2D eigenvalue weighted by molar-refractivity contribution is 7.10. The first-order chi connectivity index (χ1) is 12.7. The van der Waals surface area contributed by atoms with Crippen molar-refractivity contribution in [3.05, 3.63) is 51.7 Å². The SMILES string of the molecule is CC1c2ccsc2CCN1C(=O)NCc1ccccc1N1CCOCC1. The number of carbonyl (C=O) groups is 1. The number of benzene rings is 1. The third-order valence-electron chi connectivity index (χ3n) is 5.31. The molecule has 5 nitrogen and oxygen atoms in total. The average molecular weight is 372 g/mol. The van der Waals surface area contributed by atoms with Gasteiger partial charge in [-0.1, -0.05) is 18.2 Å². The predicted molar refractivity (Wildman–Crippen MR) is 105 cm³/mol. The van der Waals surface area contributed by atoms with Crippen LogP contribution >= 0.6 is 11.3 Å². The lowest BCUT2D eigenvalue weighted by Crippen LogP contribution is -2.44. The number of hydrogen-bond acceptors (Lipinski definition) is 4. The van der Waals surface area contributed by atoms with Crippen molar-refractivity contribution < 1.29 is 9.53 Å². The van der Waals surface area contributed by atoms with Crippen molar-refractivity contribution >= 4 is 23.1 Å². The number of anilines is 1. The summed E-state index contributed by atoms with van der Waals surface area (Å²) in [5.41, 5.74) is 3.65. The quantitative estimate of drug-likeness (QED) is 0.899. The van der Waals surface area contributed by atoms with Crippen molar-refractivity contribution in [1.29, 1.82) is 0 Å². The number of urea groups is 1. The number of rotatable bonds is 3. The van der Waals surface area contributed by atoms with Gasteiger partial charge in [-0.15, -0.1) is 11.3 Å². The molecular weight excluding hydrogens is 346 g/mol. The number of nitrogens with zero attached hydrogens (tertiary/aromatic N) is 2. The second-order valence-electron chi connectivity index (χ2n) is 6.81. The summed E-state index contributed by atoms with van der Waals surface area (Å²) in [6.45, 7) is 6.76. The minimum absolute atomic E-state index is 0.0196. The average Bonchev–Trinajstić information content (AvgIpc) is 3.17. The molecule has 2 amide bonds. The van der Waals surface area contributed by atoms with E-state index in [2.05, 4.69) is 46.8 Å². The molecule has 0 spiro atoms. The largest absolute Gasteiger partial charge is 0.378 e. The topological polar surface area (TPSA) is 44.8 Å². The van der Waals surface area contributed by atoms with Crippen molar-refractivity contribution in [3.63, 3.8) is 0 Å². The van der Waals surface area contributed by atoms with E-state index in [4.69, 9.17) is 4.74 Å². The molecule has 1 unspecified atom stereocenters. The zero-order valence-electron chi connectivity index (χ0n) is 15.1. The van der Waals surface area contributed by atoms with Gasteiger partial charge in [-0.05, 0) is 42.0 Å². The molecule has 1 saturated heterocycles. The summed E-state index contributed by atoms with van der Waals surface area (Å²) in [7, 11) is 0. The van der Waals surface area contributed by atoms with Crippen LogP contribution in [0.4, 0.5) is 10.5 Å². The zero-order chi connectivity index (χ0) is 17.9. The fraction of sp³-hybridized carbons (Fsp3) is 0.450. The molecule has 1 aromatic carbocycles. The molecule has 0 radical (unpaired) electrons. The molecular formula is C20H25N3O2S. The molecule has 1 fully saturated rings. The van der Waals surface area contributed by atoms with Gasteiger partial charge in [-0.25, -0.2) is 4.79 Å². The number of morpholine rings is 1. The van der Waals surface area contributed by atoms with Gasteiger partial charge in [0.1, 0.15) is 0 Å². The van der Waals surface area contributed by atoms with Crippen LogP contribution in [0.5, 0.6) is 0 Å². The normalized spacial score (nSPS) is 20.0. The lowest BCUT2D eigenvalue weighted by atomic mass is 10.0. The van der Waals surface area contributed by atoms with Gasteiger partial charge in [0, 0.05) is 36.7 Å². The van der Waals surface area contributed by atoms with Crippen LogP contribution in [0.3, 0.4) is 0 Å². The van der Waals surface area contributed by atoms with E-state index in [9.17, 15) is 4.79 Å². The van der Waals surface area contributed by atoms with Crippen LogP contribution in [0.1, 0.15) is 29.0 Å². The molecule has 6 heteroatoms. The van der Waals surface area contributed by atoms with E-state index >= 15 is 0 Å². The summed E-state index contributed by atoms with van der Waals surface area (Å²) in [4.78, 5) is 18.5. The van der Waals surface area contributed by atoms with Gasteiger partial charge in [0.15, 0.2) is 0 Å². The summed E-state index contributed by atoms with van der Waals surface area (Å²) >= 11 is 1.80. The molecule has 0 saturated carbocycles. The van der Waals surface area contributed by atoms with E-state index in [0.717, 1.165) is 44.8 Å². The van der Waals surface area contributed by atoms with Crippen molar-refractivity contribution in [2.24, 2.45) is 0 Å². The highest BCUT2D eigenvalue weighted by Crippen LogP contribution is 2.32. The first-order valence-corrected chi connectivity index (χ1v) is 10.1. The first kappa shape index (κ1) is 17.4. The second-order valence-corrected chi connectivity index (χ2v) is 7.81. The van der Waals surface area contributed by atoms with Gasteiger partial charge in [-0.3, -0.25) is 0 Å². The maximum absolute atomic E-state index is 12.8. The Morgan fingerprint density at radius 3 is 2.88 bits per heavy atom. The number of ether oxygens (including phenoxy) is 1. The number of nitrogens with one attached hydrogen (secondary N) is 1. The van der Waals surface area contributed by atoms with E-state index in [1.54, 1.807) is 11.3 Å². The Morgan fingerprint density at radius 2 is 2.04 bits per heavy atom. The summed E-state index contributed by atoms with van der Waals surface area (Å²) in [6, 6.07) is 10.6. The molecule has 0 bridgehead atoms. The Kier molecular flexibility index (Phi) is 5.13. The fourth-order valence-corrected chi connectivity index (χ4v) is 4.80. The van der Waals surface area contributed by atoms with Crippen LogP contribution in [0, 0.1) is 0 Å². The third kappa shape index (κ3) is 3.44. The van der Waals surface area contributed by atoms with Gasteiger partial charge in [0.05, 0.1) is 19.3 Å². The highest BCUT2D eigenvalue weighted by atomic mass is 32.1. The highest BCUT2D eigenvalue weighted by Gasteiger charge is 2.28. The maximum atomic E-state index is 12.8. The molecule has 2 aliphatic heterocycles. The number of para-hydroxylation sites is 1. The van der Waals surface area contributed by atoms with Crippen LogP contribution in [0.15, 0.2) is 35.7 Å². The van der Waals surface area contributed by atoms with Crippen LogP contribution in [-0.2, 0) is 17.7 Å². The molecule has 1 atom stereocenters. The van der Waals surface area contributed by atoms with E-state index < -0.39 is 0 Å². The number of hydrogen-bond donors (Lipinski definition) is 1. The number of fused-ring (bicyclic) bond motifs is 1. The van der Waals surface area contributed by atoms with Crippen LogP contribution in [0.2, 0.25) is 0 Å². The Balaban J connectivity index is 1.42. The molecule has 138 valence electrons. The molecule has 1 aromatic heterocycles. The smallest absolute Gasteiger partial charge is 0.318 e. The molecule has 2 aliphatic rings. The van der Waals surface area contributed by atoms with Gasteiger partial charge >= 0.3 is 6.03 Å². The predicted octanol–water partition coefficient (Wildman–Crippen LogP) is 3.41. The Labute approximate surface area is 158 Å². The monoisotopic (exact) mass is 371 g/mol. The van der Waals surface area contributed by atoms with Crippen molar-refractivity contribution in [1.82, 2.24) is 10.2 Å². The lowest BCUT2D eigenvalue weighted by Gasteiger charge is -2.34. The molecule has 0 aliphatic carbocycles. The Bertz CT molecular complexity index is 770. The first-order valence-electron chi connectivity index (χ1n) is 9.25. The minimum Gasteiger partial charge on any atom is -0.378 e. The summed E-state index contributed by atoms with van der Waals surface area (Å²) in [6.07, 6.45) is 0.953. The van der Waals surface area contributed by atoms with Crippen LogP contribution < -0.4 is 10.2 Å². The van der Waals surface area contributed by atoms with Crippen molar-refractivity contribution in [2.75, 3.05) is 37.7 Å². The summed E-state index contributed by atoms with van der Waals surface area (Å²) in [5.74, 6) is 0. The zero-order valence-corrected chi connectivity index (χ0v) is 15.9. The van der Waals surface area contributed by atoms with Gasteiger partial charge in [0.2, 0.25) is 0 Å². The van der Waals surface area contributed by atoms with Gasteiger partial charge in [-0.2, -0.15) is 0 Å². The van der Waals surface area contributed by atoms with Crippen molar-refractivity contribution in [3.8, 4) is 0 Å². The number of thiophene rings is 1. The molecule has 1 N–H and O–H groups in total.